The van der Waals surface area contributed by atoms with Gasteiger partial charge in [-0.25, -0.2) is 4.79 Å². The molecule has 0 spiro atoms. The molecule has 0 saturated carbocycles. The number of benzene rings is 1. The zero-order chi connectivity index (χ0) is 18.5. The third-order valence-electron chi connectivity index (χ3n) is 4.56. The summed E-state index contributed by atoms with van der Waals surface area (Å²) in [7, 11) is 3.96. The third kappa shape index (κ3) is 4.54. The highest BCUT2D eigenvalue weighted by Crippen LogP contribution is 2.22. The van der Waals surface area contributed by atoms with Gasteiger partial charge in [0.05, 0.1) is 5.00 Å². The number of piperidine rings is 1. The van der Waals surface area contributed by atoms with E-state index in [-0.39, 0.29) is 17.9 Å². The number of carbonyl (C=O) groups excluding carboxylic acids is 2. The lowest BCUT2D eigenvalue weighted by Crippen LogP contribution is -2.43. The lowest BCUT2D eigenvalue weighted by Gasteiger charge is -2.31. The van der Waals surface area contributed by atoms with Crippen molar-refractivity contribution in [2.45, 2.75) is 12.8 Å². The standard InChI is InChI=1S/C19H24N4O2S/c1-22(2)16-7-5-15(6-8-16)20-18(24)14-9-11-23(12-10-14)19(25)21-17-4-3-13-26-17/h3-8,13-14H,9-12H2,1-2H3,(H,20,24)(H,21,25). The molecule has 2 aromatic rings. The van der Waals surface area contributed by atoms with Gasteiger partial charge in [-0.1, -0.05) is 0 Å². The van der Waals surface area contributed by atoms with Crippen LogP contribution in [0.15, 0.2) is 41.8 Å². The van der Waals surface area contributed by atoms with Gasteiger partial charge >= 0.3 is 6.03 Å². The van der Waals surface area contributed by atoms with Gasteiger partial charge in [0.15, 0.2) is 0 Å². The lowest BCUT2D eigenvalue weighted by atomic mass is 9.96. The highest BCUT2D eigenvalue weighted by Gasteiger charge is 2.27. The first-order valence-corrected chi connectivity index (χ1v) is 9.58. The van der Waals surface area contributed by atoms with E-state index in [1.54, 1.807) is 4.90 Å². The number of urea groups is 1. The van der Waals surface area contributed by atoms with Crippen molar-refractivity contribution >= 4 is 39.7 Å². The molecule has 1 fully saturated rings. The van der Waals surface area contributed by atoms with Crippen molar-refractivity contribution in [2.75, 3.05) is 42.7 Å². The molecule has 1 aliphatic heterocycles. The van der Waals surface area contributed by atoms with Crippen molar-refractivity contribution in [3.63, 3.8) is 0 Å². The predicted octanol–water partition coefficient (Wildman–Crippen LogP) is 3.70. The Kier molecular flexibility index (Phi) is 5.78. The number of carbonyl (C=O) groups is 2. The number of nitrogens with one attached hydrogen (secondary N) is 2. The number of likely N-dealkylation sites (tertiary alicyclic amines) is 1. The average molecular weight is 372 g/mol. The molecule has 2 heterocycles. The Morgan fingerprint density at radius 3 is 2.35 bits per heavy atom. The van der Waals surface area contributed by atoms with Crippen LogP contribution in [0.4, 0.5) is 21.2 Å². The highest BCUT2D eigenvalue weighted by atomic mass is 32.1. The van der Waals surface area contributed by atoms with E-state index in [0.717, 1.165) is 16.4 Å². The minimum Gasteiger partial charge on any atom is -0.378 e. The molecule has 1 aromatic heterocycles. The smallest absolute Gasteiger partial charge is 0.322 e. The van der Waals surface area contributed by atoms with Crippen molar-refractivity contribution in [1.82, 2.24) is 4.90 Å². The first-order chi connectivity index (χ1) is 12.5. The molecule has 1 aliphatic rings. The van der Waals surface area contributed by atoms with Gasteiger partial charge in [-0.15, -0.1) is 11.3 Å². The van der Waals surface area contributed by atoms with Crippen molar-refractivity contribution in [1.29, 1.82) is 0 Å². The van der Waals surface area contributed by atoms with E-state index < -0.39 is 0 Å². The molecule has 26 heavy (non-hydrogen) atoms. The molecule has 6 nitrogen and oxygen atoms in total. The topological polar surface area (TPSA) is 64.7 Å². The number of nitrogens with zero attached hydrogens (tertiary/aromatic N) is 2. The quantitative estimate of drug-likeness (QED) is 0.860. The SMILES string of the molecule is CN(C)c1ccc(NC(=O)C2CCN(C(=O)Nc3cccs3)CC2)cc1. The van der Waals surface area contributed by atoms with Gasteiger partial charge in [0.2, 0.25) is 5.91 Å². The van der Waals surface area contributed by atoms with Crippen LogP contribution in [0, 0.1) is 5.92 Å². The van der Waals surface area contributed by atoms with E-state index in [0.29, 0.717) is 25.9 Å². The van der Waals surface area contributed by atoms with Gasteiger partial charge in [0, 0.05) is 44.5 Å². The fourth-order valence-electron chi connectivity index (χ4n) is 2.97. The summed E-state index contributed by atoms with van der Waals surface area (Å²) in [4.78, 5) is 28.5. The normalized spacial score (nSPS) is 14.8. The molecular weight excluding hydrogens is 348 g/mol. The lowest BCUT2D eigenvalue weighted by molar-refractivity contribution is -0.121. The summed E-state index contributed by atoms with van der Waals surface area (Å²) in [6, 6.07) is 11.5. The summed E-state index contributed by atoms with van der Waals surface area (Å²) in [5.41, 5.74) is 1.89. The largest absolute Gasteiger partial charge is 0.378 e. The van der Waals surface area contributed by atoms with E-state index in [1.807, 2.05) is 60.8 Å². The van der Waals surface area contributed by atoms with Crippen LogP contribution in [0.5, 0.6) is 0 Å². The fourth-order valence-corrected chi connectivity index (χ4v) is 3.57. The molecule has 1 aromatic carbocycles. The second-order valence-electron chi connectivity index (χ2n) is 6.60. The van der Waals surface area contributed by atoms with Crippen LogP contribution in [0.25, 0.3) is 0 Å². The molecule has 1 saturated heterocycles. The average Bonchev–Trinajstić information content (AvgIpc) is 3.15. The molecule has 3 amide bonds. The Balaban J connectivity index is 1.48. The monoisotopic (exact) mass is 372 g/mol. The third-order valence-corrected chi connectivity index (χ3v) is 5.34. The molecule has 7 heteroatoms. The summed E-state index contributed by atoms with van der Waals surface area (Å²) in [5.74, 6) is -0.0322. The summed E-state index contributed by atoms with van der Waals surface area (Å²) in [6.07, 6.45) is 1.36. The maximum absolute atomic E-state index is 12.5. The van der Waals surface area contributed by atoms with Gasteiger partial charge in [-0.05, 0) is 54.6 Å². The molecule has 2 N–H and O–H groups in total. The van der Waals surface area contributed by atoms with Gasteiger partial charge in [-0.2, -0.15) is 0 Å². The van der Waals surface area contributed by atoms with Crippen molar-refractivity contribution in [2.24, 2.45) is 5.92 Å². The summed E-state index contributed by atoms with van der Waals surface area (Å²) >= 11 is 1.50. The van der Waals surface area contributed by atoms with Gasteiger partial charge < -0.3 is 15.1 Å². The Hall–Kier alpha value is -2.54. The van der Waals surface area contributed by atoms with Crippen molar-refractivity contribution < 1.29 is 9.59 Å². The molecule has 0 aliphatic carbocycles. The minimum atomic E-state index is -0.0921. The zero-order valence-corrected chi connectivity index (χ0v) is 15.9. The maximum Gasteiger partial charge on any atom is 0.322 e. The van der Waals surface area contributed by atoms with E-state index in [2.05, 4.69) is 10.6 Å². The molecule has 0 atom stereocenters. The van der Waals surface area contributed by atoms with Crippen LogP contribution in [0.1, 0.15) is 12.8 Å². The van der Waals surface area contributed by atoms with Crippen LogP contribution in [-0.2, 0) is 4.79 Å². The van der Waals surface area contributed by atoms with E-state index >= 15 is 0 Å². The van der Waals surface area contributed by atoms with Crippen LogP contribution in [0.3, 0.4) is 0 Å². The highest BCUT2D eigenvalue weighted by molar-refractivity contribution is 7.14. The molecule has 0 unspecified atom stereocenters. The first kappa shape index (κ1) is 18.3. The maximum atomic E-state index is 12.5. The fraction of sp³-hybridized carbons (Fsp3) is 0.368. The number of rotatable bonds is 4. The van der Waals surface area contributed by atoms with Crippen LogP contribution in [0.2, 0.25) is 0 Å². The molecule has 138 valence electrons. The van der Waals surface area contributed by atoms with Crippen LogP contribution in [-0.4, -0.2) is 44.0 Å². The van der Waals surface area contributed by atoms with Crippen LogP contribution < -0.4 is 15.5 Å². The van der Waals surface area contributed by atoms with E-state index in [1.165, 1.54) is 11.3 Å². The zero-order valence-electron chi connectivity index (χ0n) is 15.1. The number of hydrogen-bond donors (Lipinski definition) is 2. The Labute approximate surface area is 157 Å². The number of thiophene rings is 1. The Morgan fingerprint density at radius 1 is 1.08 bits per heavy atom. The molecule has 0 bridgehead atoms. The number of amides is 3. The van der Waals surface area contributed by atoms with Gasteiger partial charge in [0.25, 0.3) is 0 Å². The molecule has 3 rings (SSSR count). The van der Waals surface area contributed by atoms with Gasteiger partial charge in [-0.3, -0.25) is 10.1 Å². The number of anilines is 3. The minimum absolute atomic E-state index is 0.0286. The van der Waals surface area contributed by atoms with Gasteiger partial charge in [0.1, 0.15) is 0 Å². The Bertz CT molecular complexity index is 735. The first-order valence-electron chi connectivity index (χ1n) is 8.70. The van der Waals surface area contributed by atoms with E-state index in [4.69, 9.17) is 0 Å². The van der Waals surface area contributed by atoms with Crippen molar-refractivity contribution in [3.05, 3.63) is 41.8 Å². The molecular formula is C19H24N4O2S. The van der Waals surface area contributed by atoms with Crippen molar-refractivity contribution in [3.8, 4) is 0 Å². The molecule has 0 radical (unpaired) electrons. The van der Waals surface area contributed by atoms with Crippen LogP contribution >= 0.6 is 11.3 Å². The summed E-state index contributed by atoms with van der Waals surface area (Å²) < 4.78 is 0. The number of hydrogen-bond acceptors (Lipinski definition) is 4. The second-order valence-corrected chi connectivity index (χ2v) is 7.55. The van der Waals surface area contributed by atoms with E-state index in [9.17, 15) is 9.59 Å². The summed E-state index contributed by atoms with van der Waals surface area (Å²) in [5, 5.41) is 8.65. The predicted molar refractivity (Wildman–Crippen MR) is 107 cm³/mol. The Morgan fingerprint density at radius 2 is 1.77 bits per heavy atom. The summed E-state index contributed by atoms with van der Waals surface area (Å²) in [6.45, 7) is 1.18. The second kappa shape index (κ2) is 8.23.